The molecule has 1 heterocycles. The monoisotopic (exact) mass is 462 g/mol. The van der Waals surface area contributed by atoms with Crippen LogP contribution in [0.15, 0.2) is 48.5 Å². The zero-order valence-corrected chi connectivity index (χ0v) is 19.1. The van der Waals surface area contributed by atoms with Crippen LogP contribution < -0.4 is 5.32 Å². The number of nitrogens with one attached hydrogen (secondary N) is 1. The summed E-state index contributed by atoms with van der Waals surface area (Å²) in [6.07, 6.45) is 3.22. The molecule has 5 rings (SSSR count). The Morgan fingerprint density at radius 1 is 0.941 bits per heavy atom. The first kappa shape index (κ1) is 22.4. The maximum absolute atomic E-state index is 13.1. The molecule has 0 spiro atoms. The molecule has 2 fully saturated rings. The van der Waals surface area contributed by atoms with Crippen molar-refractivity contribution < 1.29 is 24.2 Å². The quantitative estimate of drug-likeness (QED) is 0.676. The molecule has 34 heavy (non-hydrogen) atoms. The highest BCUT2D eigenvalue weighted by atomic mass is 16.5. The van der Waals surface area contributed by atoms with E-state index in [0.717, 1.165) is 36.8 Å². The predicted molar refractivity (Wildman–Crippen MR) is 126 cm³/mol. The Labute approximate surface area is 199 Å². The van der Waals surface area contributed by atoms with Gasteiger partial charge in [-0.25, -0.2) is 9.59 Å². The molecule has 7 heteroatoms. The minimum atomic E-state index is -0.933. The molecule has 1 saturated heterocycles. The van der Waals surface area contributed by atoms with E-state index in [2.05, 4.69) is 29.6 Å². The van der Waals surface area contributed by atoms with E-state index in [1.165, 1.54) is 16.0 Å². The number of likely N-dealkylation sites (tertiary alicyclic amines) is 1. The van der Waals surface area contributed by atoms with Crippen LogP contribution in [-0.2, 0) is 14.3 Å². The van der Waals surface area contributed by atoms with Crippen LogP contribution in [0.5, 0.6) is 0 Å². The summed E-state index contributed by atoms with van der Waals surface area (Å²) in [5.74, 6) is -1.25. The van der Waals surface area contributed by atoms with Crippen molar-refractivity contribution in [2.75, 3.05) is 19.7 Å². The van der Waals surface area contributed by atoms with Gasteiger partial charge in [0.1, 0.15) is 12.6 Å². The van der Waals surface area contributed by atoms with Gasteiger partial charge in [0.15, 0.2) is 0 Å². The summed E-state index contributed by atoms with van der Waals surface area (Å²) >= 11 is 0. The van der Waals surface area contributed by atoms with Crippen molar-refractivity contribution in [1.29, 1.82) is 0 Å². The summed E-state index contributed by atoms with van der Waals surface area (Å²) in [6, 6.07) is 15.7. The molecule has 2 aromatic rings. The Bertz CT molecular complexity index is 1050. The van der Waals surface area contributed by atoms with Crippen molar-refractivity contribution in [3.8, 4) is 11.1 Å². The van der Waals surface area contributed by atoms with E-state index < -0.39 is 18.1 Å². The number of amides is 2. The lowest BCUT2D eigenvalue weighted by molar-refractivity contribution is -0.150. The molecule has 3 atom stereocenters. The van der Waals surface area contributed by atoms with Crippen LogP contribution in [0.1, 0.15) is 49.1 Å². The predicted octanol–water partition coefficient (Wildman–Crippen LogP) is 4.02. The lowest BCUT2D eigenvalue weighted by atomic mass is 9.94. The molecule has 3 aliphatic rings. The highest BCUT2D eigenvalue weighted by molar-refractivity contribution is 5.86. The fourth-order valence-electron chi connectivity index (χ4n) is 5.97. The van der Waals surface area contributed by atoms with Gasteiger partial charge in [-0.05, 0) is 53.9 Å². The van der Waals surface area contributed by atoms with Crippen molar-refractivity contribution in [1.82, 2.24) is 10.2 Å². The van der Waals surface area contributed by atoms with Gasteiger partial charge in [0.2, 0.25) is 5.91 Å². The van der Waals surface area contributed by atoms with Gasteiger partial charge < -0.3 is 20.1 Å². The first-order chi connectivity index (χ1) is 16.5. The van der Waals surface area contributed by atoms with Crippen molar-refractivity contribution in [2.24, 2.45) is 11.8 Å². The third-order valence-electron chi connectivity index (χ3n) is 7.65. The number of ether oxygens (including phenoxy) is 1. The minimum absolute atomic E-state index is 0.00192. The Hall–Kier alpha value is -3.35. The van der Waals surface area contributed by atoms with Crippen LogP contribution in [0.3, 0.4) is 0 Å². The van der Waals surface area contributed by atoms with Gasteiger partial charge in [0.05, 0.1) is 0 Å². The first-order valence-electron chi connectivity index (χ1n) is 12.2. The summed E-state index contributed by atoms with van der Waals surface area (Å²) in [7, 11) is 0. The highest BCUT2D eigenvalue weighted by Gasteiger charge is 2.41. The first-order valence-corrected chi connectivity index (χ1v) is 12.2. The van der Waals surface area contributed by atoms with Crippen LogP contribution in [-0.4, -0.2) is 53.7 Å². The zero-order chi connectivity index (χ0) is 23.7. The number of aliphatic carboxylic acids is 1. The number of fused-ring (bicyclic) bond motifs is 3. The number of rotatable bonds is 6. The highest BCUT2D eigenvalue weighted by Crippen LogP contribution is 2.44. The largest absolute Gasteiger partial charge is 0.480 e. The average molecular weight is 463 g/mol. The summed E-state index contributed by atoms with van der Waals surface area (Å²) < 4.78 is 5.62. The molecule has 1 saturated carbocycles. The molecule has 0 radical (unpaired) electrons. The summed E-state index contributed by atoms with van der Waals surface area (Å²) in [5.41, 5.74) is 4.69. The number of alkyl carbamates (subject to hydrolysis) is 1. The topological polar surface area (TPSA) is 95.9 Å². The number of carboxylic acid groups (broad SMARTS) is 1. The standard InChI is InChI=1S/C27H30N2O5/c30-25(29-14-6-13-24(29)26(31)32)18-12-5-7-17(18)15-28-27(33)34-16-23-21-10-3-1-8-19(21)20-9-2-4-11-22(20)23/h1-4,8-11,17-18,23-24H,5-7,12-16H2,(H,28,33)(H,31,32)/t17-,18-,24+/m1/s1. The lowest BCUT2D eigenvalue weighted by Gasteiger charge is -2.28. The Kier molecular flexibility index (Phi) is 6.26. The number of carbonyl (C=O) groups is 3. The van der Waals surface area contributed by atoms with Gasteiger partial charge in [0, 0.05) is 24.9 Å². The fourth-order valence-corrected chi connectivity index (χ4v) is 5.97. The number of nitrogens with zero attached hydrogens (tertiary/aromatic N) is 1. The lowest BCUT2D eigenvalue weighted by Crippen LogP contribution is -2.45. The second-order valence-corrected chi connectivity index (χ2v) is 9.53. The maximum Gasteiger partial charge on any atom is 0.407 e. The number of carboxylic acids is 1. The Morgan fingerprint density at radius 3 is 2.29 bits per heavy atom. The van der Waals surface area contributed by atoms with E-state index in [1.807, 2.05) is 24.3 Å². The number of hydrogen-bond acceptors (Lipinski definition) is 4. The third-order valence-corrected chi connectivity index (χ3v) is 7.65. The molecule has 2 amide bonds. The van der Waals surface area contributed by atoms with Gasteiger partial charge in [-0.1, -0.05) is 55.0 Å². The molecule has 2 N–H and O–H groups in total. The van der Waals surface area contributed by atoms with E-state index >= 15 is 0 Å². The molecule has 0 unspecified atom stereocenters. The summed E-state index contributed by atoms with van der Waals surface area (Å²) in [5, 5.41) is 12.3. The second-order valence-electron chi connectivity index (χ2n) is 9.53. The van der Waals surface area contributed by atoms with Gasteiger partial charge in [-0.2, -0.15) is 0 Å². The zero-order valence-electron chi connectivity index (χ0n) is 19.1. The van der Waals surface area contributed by atoms with Gasteiger partial charge >= 0.3 is 12.1 Å². The van der Waals surface area contributed by atoms with E-state index in [-0.39, 0.29) is 30.3 Å². The van der Waals surface area contributed by atoms with Crippen LogP contribution >= 0.6 is 0 Å². The van der Waals surface area contributed by atoms with E-state index in [1.54, 1.807) is 0 Å². The molecule has 1 aliphatic heterocycles. The summed E-state index contributed by atoms with van der Waals surface area (Å²) in [6.45, 7) is 1.11. The molecule has 2 aliphatic carbocycles. The summed E-state index contributed by atoms with van der Waals surface area (Å²) in [4.78, 5) is 38.6. The molecular weight excluding hydrogens is 432 g/mol. The third kappa shape index (κ3) is 4.15. The van der Waals surface area contributed by atoms with Crippen molar-refractivity contribution in [3.63, 3.8) is 0 Å². The Morgan fingerprint density at radius 2 is 1.62 bits per heavy atom. The second kappa shape index (κ2) is 9.49. The number of benzene rings is 2. The van der Waals surface area contributed by atoms with Crippen LogP contribution in [0.4, 0.5) is 4.79 Å². The number of carbonyl (C=O) groups excluding carboxylic acids is 2. The van der Waals surface area contributed by atoms with E-state index in [0.29, 0.717) is 19.5 Å². The van der Waals surface area contributed by atoms with Crippen LogP contribution in [0.2, 0.25) is 0 Å². The van der Waals surface area contributed by atoms with Gasteiger partial charge in [-0.15, -0.1) is 0 Å². The van der Waals surface area contributed by atoms with Crippen LogP contribution in [0, 0.1) is 11.8 Å². The van der Waals surface area contributed by atoms with Crippen molar-refractivity contribution in [2.45, 2.75) is 44.1 Å². The normalized spacial score (nSPS) is 23.4. The SMILES string of the molecule is O=C(NC[C@H]1CCC[C@H]1C(=O)N1CCC[C@H]1C(=O)O)OCC1c2ccccc2-c2ccccc21. The van der Waals surface area contributed by atoms with Gasteiger partial charge in [-0.3, -0.25) is 4.79 Å². The fraction of sp³-hybridized carbons (Fsp3) is 0.444. The van der Waals surface area contributed by atoms with E-state index in [4.69, 9.17) is 4.74 Å². The number of hydrogen-bond donors (Lipinski definition) is 2. The smallest absolute Gasteiger partial charge is 0.407 e. The van der Waals surface area contributed by atoms with Crippen LogP contribution in [0.25, 0.3) is 11.1 Å². The molecule has 2 aromatic carbocycles. The average Bonchev–Trinajstić information content (AvgIpc) is 3.59. The minimum Gasteiger partial charge on any atom is -0.480 e. The molecule has 0 bridgehead atoms. The van der Waals surface area contributed by atoms with Crippen molar-refractivity contribution in [3.05, 3.63) is 59.7 Å². The van der Waals surface area contributed by atoms with Crippen molar-refractivity contribution >= 4 is 18.0 Å². The molecule has 0 aromatic heterocycles. The Balaban J connectivity index is 1.17. The van der Waals surface area contributed by atoms with E-state index in [9.17, 15) is 19.5 Å². The molecule has 7 nitrogen and oxygen atoms in total. The molecular formula is C27H30N2O5. The maximum atomic E-state index is 13.1. The molecule has 178 valence electrons. The van der Waals surface area contributed by atoms with Gasteiger partial charge in [0.25, 0.3) is 0 Å².